The fourth-order valence-electron chi connectivity index (χ4n) is 2.47. The highest BCUT2D eigenvalue weighted by Gasteiger charge is 2.13. The van der Waals surface area contributed by atoms with E-state index in [2.05, 4.69) is 11.8 Å². The minimum Gasteiger partial charge on any atom is -0.344 e. The molecule has 1 aromatic heterocycles. The van der Waals surface area contributed by atoms with E-state index in [1.54, 1.807) is 23.5 Å². The average Bonchev–Trinajstić information content (AvgIpc) is 2.94. The number of hydrogen-bond acceptors (Lipinski definition) is 3. The zero-order valence-electron chi connectivity index (χ0n) is 12.9. The molecule has 0 aliphatic heterocycles. The maximum Gasteiger partial charge on any atom is 0.186 e. The third kappa shape index (κ3) is 4.01. The van der Waals surface area contributed by atoms with E-state index in [0.717, 1.165) is 45.3 Å². The number of aromatic nitrogens is 1. The van der Waals surface area contributed by atoms with Crippen LogP contribution in [-0.2, 0) is 6.54 Å². The largest absolute Gasteiger partial charge is 0.344 e. The molecule has 0 saturated heterocycles. The molecule has 2 nitrogen and oxygen atoms in total. The Balaban J connectivity index is 1.90. The number of fused-ring (bicyclic) bond motifs is 1. The molecule has 0 unspecified atom stereocenters. The van der Waals surface area contributed by atoms with Crippen LogP contribution in [-0.4, -0.2) is 11.5 Å². The third-order valence-electron chi connectivity index (χ3n) is 3.65. The smallest absolute Gasteiger partial charge is 0.186 e. The maximum absolute atomic E-state index is 13.4. The van der Waals surface area contributed by atoms with Gasteiger partial charge in [-0.2, -0.15) is 0 Å². The molecule has 0 aliphatic carbocycles. The summed E-state index contributed by atoms with van der Waals surface area (Å²) in [4.78, 5) is 6.94. The van der Waals surface area contributed by atoms with Crippen molar-refractivity contribution >= 4 is 38.3 Å². The van der Waals surface area contributed by atoms with E-state index in [9.17, 15) is 4.39 Å². The number of halogens is 2. The first-order chi connectivity index (χ1) is 11.2. The lowest BCUT2D eigenvalue weighted by molar-refractivity contribution is 0.623. The lowest BCUT2D eigenvalue weighted by Gasteiger charge is -2.21. The Bertz CT molecular complexity index is 803. The summed E-state index contributed by atoms with van der Waals surface area (Å²) in [5.41, 5.74) is 1.91. The first-order valence-electron chi connectivity index (χ1n) is 7.71. The van der Waals surface area contributed by atoms with E-state index in [1.807, 2.05) is 24.3 Å². The van der Waals surface area contributed by atoms with E-state index < -0.39 is 0 Å². The van der Waals surface area contributed by atoms with Crippen molar-refractivity contribution in [3.63, 3.8) is 0 Å². The standard InChI is InChI=1S/C18H18ClFN2S/c1-2-3-9-22(12-13-5-4-6-15(20)10-13)18-21-16-8-7-14(19)11-17(16)23-18/h4-8,10-11H,2-3,9,12H2,1H3. The molecule has 2 aromatic carbocycles. The van der Waals surface area contributed by atoms with Crippen molar-refractivity contribution in [1.29, 1.82) is 0 Å². The second-order valence-corrected chi connectivity index (χ2v) is 6.96. The summed E-state index contributed by atoms with van der Waals surface area (Å²) in [6, 6.07) is 12.5. The summed E-state index contributed by atoms with van der Waals surface area (Å²) in [6.07, 6.45) is 2.18. The number of unbranched alkanes of at least 4 members (excludes halogenated alkanes) is 1. The van der Waals surface area contributed by atoms with Crippen LogP contribution in [0.25, 0.3) is 10.2 Å². The SMILES string of the molecule is CCCCN(Cc1cccc(F)c1)c1nc2ccc(Cl)cc2s1. The van der Waals surface area contributed by atoms with Crippen LogP contribution in [0.15, 0.2) is 42.5 Å². The van der Waals surface area contributed by atoms with Crippen molar-refractivity contribution in [3.05, 3.63) is 58.9 Å². The van der Waals surface area contributed by atoms with Gasteiger partial charge in [0.05, 0.1) is 10.2 Å². The van der Waals surface area contributed by atoms with E-state index >= 15 is 0 Å². The van der Waals surface area contributed by atoms with Crippen LogP contribution < -0.4 is 4.90 Å². The van der Waals surface area contributed by atoms with Gasteiger partial charge in [-0.25, -0.2) is 9.37 Å². The normalized spacial score (nSPS) is 11.1. The number of thiazole rings is 1. The summed E-state index contributed by atoms with van der Waals surface area (Å²) in [5.74, 6) is -0.200. The molecule has 23 heavy (non-hydrogen) atoms. The number of nitrogens with zero attached hydrogens (tertiary/aromatic N) is 2. The van der Waals surface area contributed by atoms with Crippen LogP contribution in [0.3, 0.4) is 0 Å². The molecule has 0 N–H and O–H groups in total. The lowest BCUT2D eigenvalue weighted by atomic mass is 10.2. The molecule has 0 bridgehead atoms. The summed E-state index contributed by atoms with van der Waals surface area (Å²) in [7, 11) is 0. The van der Waals surface area contributed by atoms with Crippen molar-refractivity contribution in [1.82, 2.24) is 4.98 Å². The molecule has 0 aliphatic rings. The molecule has 0 radical (unpaired) electrons. The fraction of sp³-hybridized carbons (Fsp3) is 0.278. The highest BCUT2D eigenvalue weighted by Crippen LogP contribution is 2.31. The molecule has 120 valence electrons. The number of anilines is 1. The average molecular weight is 349 g/mol. The Kier molecular flexibility index (Phi) is 5.13. The minimum atomic E-state index is -0.200. The minimum absolute atomic E-state index is 0.200. The summed E-state index contributed by atoms with van der Waals surface area (Å²) in [6.45, 7) is 3.73. The van der Waals surface area contributed by atoms with Gasteiger partial charge in [0.1, 0.15) is 5.82 Å². The van der Waals surface area contributed by atoms with E-state index in [0.29, 0.717) is 6.54 Å². The monoisotopic (exact) mass is 348 g/mol. The summed E-state index contributed by atoms with van der Waals surface area (Å²) in [5, 5.41) is 1.68. The number of rotatable bonds is 6. The van der Waals surface area contributed by atoms with Gasteiger partial charge >= 0.3 is 0 Å². The van der Waals surface area contributed by atoms with Crippen LogP contribution in [0.2, 0.25) is 5.02 Å². The highest BCUT2D eigenvalue weighted by atomic mass is 35.5. The van der Waals surface area contributed by atoms with Gasteiger partial charge in [-0.3, -0.25) is 0 Å². The van der Waals surface area contributed by atoms with Gasteiger partial charge < -0.3 is 4.90 Å². The van der Waals surface area contributed by atoms with Gasteiger partial charge in [0.2, 0.25) is 0 Å². The molecule has 0 amide bonds. The van der Waals surface area contributed by atoms with E-state index in [4.69, 9.17) is 16.6 Å². The van der Waals surface area contributed by atoms with Gasteiger partial charge in [0.15, 0.2) is 5.13 Å². The van der Waals surface area contributed by atoms with Crippen LogP contribution in [0, 0.1) is 5.82 Å². The van der Waals surface area contributed by atoms with Gasteiger partial charge in [-0.15, -0.1) is 0 Å². The lowest BCUT2D eigenvalue weighted by Crippen LogP contribution is -2.23. The predicted molar refractivity (Wildman–Crippen MR) is 97.0 cm³/mol. The molecular formula is C18H18ClFN2S. The van der Waals surface area contributed by atoms with E-state index in [1.165, 1.54) is 6.07 Å². The topological polar surface area (TPSA) is 16.1 Å². The molecule has 3 aromatic rings. The maximum atomic E-state index is 13.4. The van der Waals surface area contributed by atoms with Gasteiger partial charge in [0.25, 0.3) is 0 Å². The predicted octanol–water partition coefficient (Wildman–Crippen LogP) is 5.90. The Labute approximate surface area is 144 Å². The molecule has 1 heterocycles. The van der Waals surface area contributed by atoms with E-state index in [-0.39, 0.29) is 5.82 Å². The third-order valence-corrected chi connectivity index (χ3v) is 4.97. The molecule has 0 spiro atoms. The Morgan fingerprint density at radius 3 is 2.87 bits per heavy atom. The first-order valence-corrected chi connectivity index (χ1v) is 8.90. The van der Waals surface area contributed by atoms with Gasteiger partial charge in [-0.1, -0.05) is 48.4 Å². The van der Waals surface area contributed by atoms with Crippen molar-refractivity contribution in [2.45, 2.75) is 26.3 Å². The van der Waals surface area contributed by atoms with Crippen LogP contribution in [0.1, 0.15) is 25.3 Å². The summed E-state index contributed by atoms with van der Waals surface area (Å²) < 4.78 is 14.5. The number of hydrogen-bond donors (Lipinski definition) is 0. The zero-order valence-corrected chi connectivity index (χ0v) is 14.5. The second kappa shape index (κ2) is 7.28. The van der Waals surface area contributed by atoms with Crippen molar-refractivity contribution in [2.75, 3.05) is 11.4 Å². The van der Waals surface area contributed by atoms with Gasteiger partial charge in [0, 0.05) is 18.1 Å². The van der Waals surface area contributed by atoms with Crippen molar-refractivity contribution in [3.8, 4) is 0 Å². The Morgan fingerprint density at radius 2 is 2.09 bits per heavy atom. The van der Waals surface area contributed by atoms with Crippen LogP contribution >= 0.6 is 22.9 Å². The molecule has 0 saturated carbocycles. The fourth-order valence-corrected chi connectivity index (χ4v) is 3.74. The quantitative estimate of drug-likeness (QED) is 0.551. The second-order valence-electron chi connectivity index (χ2n) is 5.51. The zero-order chi connectivity index (χ0) is 16.2. The molecule has 0 atom stereocenters. The molecule has 0 fully saturated rings. The highest BCUT2D eigenvalue weighted by molar-refractivity contribution is 7.22. The van der Waals surface area contributed by atoms with Gasteiger partial charge in [-0.05, 0) is 42.3 Å². The Hall–Kier alpha value is -1.65. The van der Waals surface area contributed by atoms with Crippen molar-refractivity contribution in [2.24, 2.45) is 0 Å². The summed E-state index contributed by atoms with van der Waals surface area (Å²) >= 11 is 7.69. The molecule has 3 rings (SSSR count). The van der Waals surface area contributed by atoms with Crippen LogP contribution in [0.5, 0.6) is 0 Å². The van der Waals surface area contributed by atoms with Crippen LogP contribution in [0.4, 0.5) is 9.52 Å². The molecular weight excluding hydrogens is 331 g/mol. The van der Waals surface area contributed by atoms with Crippen molar-refractivity contribution < 1.29 is 4.39 Å². The number of benzene rings is 2. The Morgan fingerprint density at radius 1 is 1.22 bits per heavy atom. The first kappa shape index (κ1) is 16.2. The molecule has 5 heteroatoms.